The molecule has 11 nitrogen and oxygen atoms in total. The van der Waals surface area contributed by atoms with Crippen LogP contribution < -0.4 is 36.3 Å². The molecule has 0 amide bonds. The monoisotopic (exact) mass is 1060 g/mol. The third-order valence-electron chi connectivity index (χ3n) is 12.7. The topological polar surface area (TPSA) is 102 Å². The SMILES string of the molecule is CO[Si]1(c2ccccc2)O[Si]2(c3ccccc3)O[Si](OS)(c3ccccc3)O[Si]3(c4ccccc4)O[Si](c4ccccc4)(O2)O[Si](c2ccccc2)(O1)O[Si](c1ccccc1)([C@H](C)c1ccccc1)O3. The van der Waals surface area contributed by atoms with Crippen LogP contribution in [-0.4, -0.2) is 68.5 Å². The molecule has 8 atom stereocenters. The van der Waals surface area contributed by atoms with Gasteiger partial charge in [0.1, 0.15) is 0 Å². The molecule has 8 aromatic rings. The second-order valence-electron chi connectivity index (χ2n) is 16.9. The highest BCUT2D eigenvalue weighted by molar-refractivity contribution is 7.76. The highest BCUT2D eigenvalue weighted by Crippen LogP contribution is 2.45. The molecule has 4 bridgehead atoms. The lowest BCUT2D eigenvalue weighted by Gasteiger charge is -2.58. The van der Waals surface area contributed by atoms with E-state index in [-0.39, 0.29) is 0 Å². The highest BCUT2D eigenvalue weighted by atomic mass is 32.1. The van der Waals surface area contributed by atoms with Gasteiger partial charge in [-0.1, -0.05) is 250 Å². The first-order chi connectivity index (χ1) is 34.2. The number of fused-ring (bicyclic) bond motifs is 3. The Morgan fingerprint density at radius 2 is 0.571 bits per heavy atom. The first-order valence-corrected chi connectivity index (χ1v) is 35.5. The van der Waals surface area contributed by atoms with Crippen LogP contribution in [0.4, 0.5) is 0 Å². The molecule has 7 unspecified atom stereocenters. The number of thiol groups is 1. The molecule has 0 spiro atoms. The molecule has 3 saturated heterocycles. The van der Waals surface area contributed by atoms with E-state index in [1.54, 1.807) is 7.11 Å². The molecular formula is C51H48O11SSi7. The van der Waals surface area contributed by atoms with E-state index in [9.17, 15) is 0 Å². The predicted molar refractivity (Wildman–Crippen MR) is 285 cm³/mol. The first kappa shape index (κ1) is 47.5. The van der Waals surface area contributed by atoms with Crippen LogP contribution in [0.25, 0.3) is 0 Å². The largest absolute Gasteiger partial charge is 0.534 e. The maximum absolute atomic E-state index is 8.42. The summed E-state index contributed by atoms with van der Waals surface area (Å²) in [6, 6.07) is 77.9. The average molecular weight is 1070 g/mol. The summed E-state index contributed by atoms with van der Waals surface area (Å²) < 4.78 is 87.0. The molecule has 0 N–H and O–H groups in total. The van der Waals surface area contributed by atoms with Crippen molar-refractivity contribution in [3.8, 4) is 0 Å². The molecule has 3 aliphatic heterocycles. The van der Waals surface area contributed by atoms with Gasteiger partial charge in [-0.05, 0) is 23.7 Å². The van der Waals surface area contributed by atoms with Crippen molar-refractivity contribution in [2.75, 3.05) is 7.11 Å². The van der Waals surface area contributed by atoms with Gasteiger partial charge in [0.05, 0.1) is 0 Å². The fraction of sp³-hybridized carbons (Fsp3) is 0.0588. The number of benzene rings is 8. The molecule has 0 aromatic heterocycles. The van der Waals surface area contributed by atoms with E-state index in [0.717, 1.165) is 10.8 Å². The standard InChI is InChI=1S/C51H48O11SSi7/c1-43(44-27-11-3-12-28-44)64(45-29-13-4-14-30-45)54-67(48-35-19-7-20-36-48)56-65(52-2,46-31-15-5-16-32-46)57-69(50-39-23-9-24-40-50)59-66(53-63,47-33-17-6-18-34-47)58-68(55-64,49-37-21-8-22-38-49)61-70(60-67,62-69)51-41-25-10-26-42-51/h3-43,63H,1-2H3/t43-,64?,65?,66?,67?,68?,69?,70?/m1/s1. The van der Waals surface area contributed by atoms with Crippen LogP contribution in [0.1, 0.15) is 18.0 Å². The van der Waals surface area contributed by atoms with E-state index in [1.807, 2.05) is 231 Å². The van der Waals surface area contributed by atoms with Crippen molar-refractivity contribution >= 4 is 111 Å². The van der Waals surface area contributed by atoms with Crippen LogP contribution in [0.2, 0.25) is 0 Å². The second kappa shape index (κ2) is 19.3. The molecule has 0 saturated carbocycles. The molecule has 19 heteroatoms. The van der Waals surface area contributed by atoms with Gasteiger partial charge >= 0.3 is 61.4 Å². The number of hydrogen-bond donors (Lipinski definition) is 1. The number of rotatable bonds is 11. The van der Waals surface area contributed by atoms with Gasteiger partial charge < -0.3 is 45.3 Å². The Labute approximate surface area is 421 Å². The summed E-state index contributed by atoms with van der Waals surface area (Å²) in [6.45, 7) is 2.12. The summed E-state index contributed by atoms with van der Waals surface area (Å²) >= 11 is 4.78. The minimum Gasteiger partial charge on any atom is -0.387 e. The van der Waals surface area contributed by atoms with Gasteiger partial charge in [0.2, 0.25) is 0 Å². The lowest BCUT2D eigenvalue weighted by atomic mass is 10.2. The molecular weight excluding hydrogens is 1020 g/mol. The number of hydrogen-bond acceptors (Lipinski definition) is 12. The summed E-state index contributed by atoms with van der Waals surface area (Å²) in [7, 11) is -31.1. The van der Waals surface area contributed by atoms with Gasteiger partial charge in [0.15, 0.2) is 0 Å². The van der Waals surface area contributed by atoms with Gasteiger partial charge in [-0.2, -0.15) is 0 Å². The summed E-state index contributed by atoms with van der Waals surface area (Å²) in [5, 5.41) is 4.18. The van der Waals surface area contributed by atoms with Crippen molar-refractivity contribution in [3.05, 3.63) is 248 Å². The third kappa shape index (κ3) is 8.34. The molecule has 3 fully saturated rings. The summed E-state index contributed by atoms with van der Waals surface area (Å²) in [5.74, 6) is 0. The van der Waals surface area contributed by atoms with Crippen LogP contribution in [0.15, 0.2) is 243 Å². The Bertz CT molecular complexity index is 2900. The van der Waals surface area contributed by atoms with Crippen LogP contribution in [-0.2, 0) is 45.3 Å². The fourth-order valence-corrected chi connectivity index (χ4v) is 48.0. The zero-order valence-electron chi connectivity index (χ0n) is 38.1. The minimum absolute atomic E-state index is 0.515. The maximum atomic E-state index is 8.42. The van der Waals surface area contributed by atoms with Crippen LogP contribution in [0.3, 0.4) is 0 Å². The molecule has 70 heavy (non-hydrogen) atoms. The zero-order chi connectivity index (χ0) is 47.8. The van der Waals surface area contributed by atoms with Crippen LogP contribution in [0.5, 0.6) is 0 Å². The summed E-state index contributed by atoms with van der Waals surface area (Å²) in [5.41, 5.74) is 0.421. The van der Waals surface area contributed by atoms with Crippen LogP contribution >= 0.6 is 12.9 Å². The Morgan fingerprint density at radius 1 is 0.314 bits per heavy atom. The Hall–Kier alpha value is -4.81. The normalized spacial score (nSPS) is 30.2. The van der Waals surface area contributed by atoms with Crippen molar-refractivity contribution in [1.29, 1.82) is 0 Å². The van der Waals surface area contributed by atoms with E-state index in [1.165, 1.54) is 0 Å². The van der Waals surface area contributed by atoms with Crippen molar-refractivity contribution in [3.63, 3.8) is 0 Å². The van der Waals surface area contributed by atoms with Crippen molar-refractivity contribution in [2.45, 2.75) is 12.5 Å². The third-order valence-corrected chi connectivity index (χ3v) is 42.6. The molecule has 0 aliphatic carbocycles. The van der Waals surface area contributed by atoms with Gasteiger partial charge in [-0.25, -0.2) is 0 Å². The van der Waals surface area contributed by atoms with Crippen LogP contribution in [0, 0.1) is 0 Å². The lowest BCUT2D eigenvalue weighted by Crippen LogP contribution is -2.91. The maximum Gasteiger partial charge on any atom is 0.534 e. The first-order valence-electron chi connectivity index (χ1n) is 22.9. The second-order valence-corrected chi connectivity index (χ2v) is 38.3. The van der Waals surface area contributed by atoms with E-state index in [0.29, 0.717) is 31.1 Å². The van der Waals surface area contributed by atoms with Crippen molar-refractivity contribution < 1.29 is 45.3 Å². The predicted octanol–water partition coefficient (Wildman–Crippen LogP) is 5.45. The average Bonchev–Trinajstić information content (AvgIpc) is 3.42. The molecule has 8 aromatic carbocycles. The van der Waals surface area contributed by atoms with E-state index in [4.69, 9.17) is 58.2 Å². The zero-order valence-corrected chi connectivity index (χ0v) is 46.0. The van der Waals surface area contributed by atoms with Gasteiger partial charge in [0.25, 0.3) is 0 Å². The smallest absolute Gasteiger partial charge is 0.387 e. The Morgan fingerprint density at radius 3 is 0.900 bits per heavy atom. The molecule has 352 valence electrons. The van der Waals surface area contributed by atoms with E-state index in [2.05, 4.69) is 19.1 Å². The van der Waals surface area contributed by atoms with Crippen molar-refractivity contribution in [1.82, 2.24) is 0 Å². The quantitative estimate of drug-likeness (QED) is 0.102. The van der Waals surface area contributed by atoms with E-state index >= 15 is 0 Å². The minimum atomic E-state index is -4.80. The molecule has 3 aliphatic rings. The fourth-order valence-electron chi connectivity index (χ4n) is 9.21. The Balaban J connectivity index is 1.36. The Kier molecular flexibility index (Phi) is 13.1. The molecule has 0 radical (unpaired) electrons. The van der Waals surface area contributed by atoms with Gasteiger partial charge in [0, 0.05) is 43.8 Å². The highest BCUT2D eigenvalue weighted by Gasteiger charge is 2.80. The summed E-state index contributed by atoms with van der Waals surface area (Å²) in [6.07, 6.45) is 0. The summed E-state index contributed by atoms with van der Waals surface area (Å²) in [4.78, 5) is 0. The molecule has 11 rings (SSSR count). The van der Waals surface area contributed by atoms with Gasteiger partial charge in [-0.3, -0.25) is 0 Å². The van der Waals surface area contributed by atoms with Gasteiger partial charge in [-0.15, -0.1) is 0 Å². The lowest BCUT2D eigenvalue weighted by molar-refractivity contribution is 0.0427. The molecule has 3 heterocycles. The van der Waals surface area contributed by atoms with Crippen molar-refractivity contribution in [2.24, 2.45) is 0 Å². The van der Waals surface area contributed by atoms with E-state index < -0.39 is 66.9 Å².